The molecule has 1 spiro atoms. The molecule has 10 nitrogen and oxygen atoms in total. The molecule has 0 aromatic rings. The lowest BCUT2D eigenvalue weighted by Gasteiger charge is -2.51. The molecule has 5 rings (SSSR count). The highest BCUT2D eigenvalue weighted by Gasteiger charge is 2.61. The summed E-state index contributed by atoms with van der Waals surface area (Å²) >= 11 is 0. The van der Waals surface area contributed by atoms with Crippen molar-refractivity contribution in [2.45, 2.75) is 147 Å². The fourth-order valence-corrected chi connectivity index (χ4v) is 8.06. The zero-order valence-electron chi connectivity index (χ0n) is 29.9. The molecule has 0 aromatic heterocycles. The Bertz CT molecular complexity index is 1350. The predicted molar refractivity (Wildman–Crippen MR) is 180 cm³/mol. The van der Waals surface area contributed by atoms with Gasteiger partial charge in [-0.2, -0.15) is 0 Å². The van der Waals surface area contributed by atoms with E-state index in [2.05, 4.69) is 32.2 Å². The van der Waals surface area contributed by atoms with Crippen LogP contribution in [-0.4, -0.2) is 87.4 Å². The molecule has 4 heterocycles. The van der Waals surface area contributed by atoms with Crippen molar-refractivity contribution in [1.29, 1.82) is 0 Å². The number of nitrogens with one attached hydrogen (secondary N) is 1. The molecule has 1 aliphatic carbocycles. The summed E-state index contributed by atoms with van der Waals surface area (Å²) in [5, 5.41) is 37.6. The smallest absolute Gasteiger partial charge is 0.337 e. The number of amides is 1. The lowest BCUT2D eigenvalue weighted by molar-refractivity contribution is -0.340. The summed E-state index contributed by atoms with van der Waals surface area (Å²) in [6, 6.07) is -0.298. The van der Waals surface area contributed by atoms with Crippen molar-refractivity contribution >= 4 is 11.9 Å². The van der Waals surface area contributed by atoms with E-state index in [0.29, 0.717) is 43.1 Å². The Kier molecular flexibility index (Phi) is 10.9. The number of ether oxygens (including phenoxy) is 4. The summed E-state index contributed by atoms with van der Waals surface area (Å²) in [6.45, 7) is 15.6. The second-order valence-electron chi connectivity index (χ2n) is 15.6. The molecular weight excluding hydrogens is 614 g/mol. The first-order valence-corrected chi connectivity index (χ1v) is 17.9. The van der Waals surface area contributed by atoms with Crippen LogP contribution in [0.5, 0.6) is 0 Å². The highest BCUT2D eigenvalue weighted by Crippen LogP contribution is 2.48. The molecule has 0 unspecified atom stereocenters. The molecule has 3 fully saturated rings. The SMILES string of the molecule is CC[C@H](C)[C@H]1O[C@]2(CC[C@@H]1C)C[C@@H]1C[C@@H](C/C=C(\C)[C@H](NC(=O)C(C)C)[C@@H](C)/C=C/C=C3\CO[C@@H]4[C@H](O)[C@](C)(O)C=C(C(=O)O1)[C@]34O)O2. The summed E-state index contributed by atoms with van der Waals surface area (Å²) in [6.07, 6.45) is 8.74. The normalized spacial score (nSPS) is 45.6. The number of aliphatic hydroxyl groups excluding tert-OH is 1. The van der Waals surface area contributed by atoms with E-state index in [4.69, 9.17) is 18.9 Å². The molecule has 4 aliphatic heterocycles. The highest BCUT2D eigenvalue weighted by molar-refractivity contribution is 5.93. The average Bonchev–Trinajstić information content (AvgIpc) is 3.37. The van der Waals surface area contributed by atoms with Gasteiger partial charge < -0.3 is 39.6 Å². The van der Waals surface area contributed by atoms with Crippen LogP contribution in [0.2, 0.25) is 0 Å². The number of aliphatic hydroxyl groups is 3. The van der Waals surface area contributed by atoms with Gasteiger partial charge in [0.25, 0.3) is 0 Å². The van der Waals surface area contributed by atoms with Gasteiger partial charge in [0.2, 0.25) is 5.91 Å². The summed E-state index contributed by atoms with van der Waals surface area (Å²) in [4.78, 5) is 27.1. The largest absolute Gasteiger partial charge is 0.459 e. The van der Waals surface area contributed by atoms with Crippen molar-refractivity contribution in [3.63, 3.8) is 0 Å². The van der Waals surface area contributed by atoms with Gasteiger partial charge in [-0.3, -0.25) is 4.79 Å². The molecule has 4 N–H and O–H groups in total. The third-order valence-electron chi connectivity index (χ3n) is 11.3. The van der Waals surface area contributed by atoms with Gasteiger partial charge in [-0.25, -0.2) is 4.79 Å². The van der Waals surface area contributed by atoms with E-state index in [-0.39, 0.29) is 48.2 Å². The Balaban J connectivity index is 1.59. The standard InChI is InChI=1S/C38H57NO9/c1-9-22(4)31-25(7)15-16-37(48-31)18-28-17-27(47-37)14-13-24(6)30(39-34(41)21(2)3)23(5)11-10-12-26-20-45-33-32(40)36(8,43)19-29(35(42)46-28)38(26,33)44/h10-13,19,21-23,25,27-28,30-33,40,43-44H,9,14-18,20H2,1-8H3,(H,39,41)/b11-10+,24-13+,26-12+/t22-,23-,25-,27+,28-,30+,31+,32-,33+,36+,37+,38+/m0/s1. The minimum absolute atomic E-state index is 0.0142. The lowest BCUT2D eigenvalue weighted by Crippen LogP contribution is -2.61. The quantitative estimate of drug-likeness (QED) is 0.252. The summed E-state index contributed by atoms with van der Waals surface area (Å²) in [7, 11) is 0. The van der Waals surface area contributed by atoms with E-state index < -0.39 is 41.3 Å². The molecule has 2 bridgehead atoms. The monoisotopic (exact) mass is 671 g/mol. The van der Waals surface area contributed by atoms with Crippen LogP contribution in [0.4, 0.5) is 0 Å². The third kappa shape index (κ3) is 7.12. The second kappa shape index (κ2) is 14.1. The fourth-order valence-electron chi connectivity index (χ4n) is 8.06. The van der Waals surface area contributed by atoms with Gasteiger partial charge in [0.1, 0.15) is 29.5 Å². The van der Waals surface area contributed by atoms with Crippen molar-refractivity contribution < 1.29 is 43.9 Å². The maximum Gasteiger partial charge on any atom is 0.337 e. The molecule has 48 heavy (non-hydrogen) atoms. The predicted octanol–water partition coefficient (Wildman–Crippen LogP) is 4.43. The fraction of sp³-hybridized carbons (Fsp3) is 0.737. The van der Waals surface area contributed by atoms with Crippen LogP contribution < -0.4 is 5.32 Å². The van der Waals surface area contributed by atoms with Gasteiger partial charge in [0.05, 0.1) is 30.4 Å². The molecular formula is C38H57NO9. The van der Waals surface area contributed by atoms with Gasteiger partial charge in [0, 0.05) is 25.2 Å². The van der Waals surface area contributed by atoms with Crippen LogP contribution in [0.1, 0.15) is 93.9 Å². The van der Waals surface area contributed by atoms with Crippen molar-refractivity contribution in [1.82, 2.24) is 5.32 Å². The zero-order chi connectivity index (χ0) is 35.2. The van der Waals surface area contributed by atoms with Crippen LogP contribution in [-0.2, 0) is 28.5 Å². The van der Waals surface area contributed by atoms with Crippen molar-refractivity contribution in [2.24, 2.45) is 23.7 Å². The van der Waals surface area contributed by atoms with Gasteiger partial charge >= 0.3 is 5.97 Å². The van der Waals surface area contributed by atoms with Gasteiger partial charge in [0.15, 0.2) is 5.79 Å². The minimum atomic E-state index is -2.02. The van der Waals surface area contributed by atoms with Crippen LogP contribution in [0.3, 0.4) is 0 Å². The maximum absolute atomic E-state index is 14.1. The molecule has 0 aromatic carbocycles. The topological polar surface area (TPSA) is 144 Å². The highest BCUT2D eigenvalue weighted by atomic mass is 16.7. The van der Waals surface area contributed by atoms with E-state index in [1.807, 2.05) is 33.8 Å². The number of hydrogen-bond donors (Lipinski definition) is 4. The first-order valence-electron chi connectivity index (χ1n) is 17.9. The van der Waals surface area contributed by atoms with Gasteiger partial charge in [-0.1, -0.05) is 77.8 Å². The van der Waals surface area contributed by atoms with E-state index in [1.54, 1.807) is 12.2 Å². The Labute approximate surface area is 285 Å². The summed E-state index contributed by atoms with van der Waals surface area (Å²) < 4.78 is 25.8. The van der Waals surface area contributed by atoms with Crippen molar-refractivity contribution in [2.75, 3.05) is 6.61 Å². The van der Waals surface area contributed by atoms with Crippen LogP contribution in [0.25, 0.3) is 0 Å². The van der Waals surface area contributed by atoms with Crippen LogP contribution >= 0.6 is 0 Å². The van der Waals surface area contributed by atoms with E-state index in [9.17, 15) is 24.9 Å². The maximum atomic E-state index is 14.1. The number of carbonyl (C=O) groups is 2. The Hall–Kier alpha value is -2.34. The number of carbonyl (C=O) groups excluding carboxylic acids is 2. The third-order valence-corrected chi connectivity index (χ3v) is 11.3. The zero-order valence-corrected chi connectivity index (χ0v) is 29.9. The average molecular weight is 672 g/mol. The number of hydrogen-bond acceptors (Lipinski definition) is 9. The molecule has 10 heteroatoms. The molecule has 268 valence electrons. The van der Waals surface area contributed by atoms with Gasteiger partial charge in [-0.05, 0) is 56.1 Å². The number of rotatable bonds is 4. The number of esters is 1. The van der Waals surface area contributed by atoms with Crippen LogP contribution in [0, 0.1) is 23.7 Å². The Morgan fingerprint density at radius 2 is 1.88 bits per heavy atom. The summed E-state index contributed by atoms with van der Waals surface area (Å²) in [5.74, 6) is -1.45. The molecule has 1 amide bonds. The molecule has 5 aliphatic rings. The molecule has 0 radical (unpaired) electrons. The number of allylic oxidation sites excluding steroid dienone is 2. The molecule has 12 atom stereocenters. The Morgan fingerprint density at radius 1 is 1.15 bits per heavy atom. The van der Waals surface area contributed by atoms with E-state index in [1.165, 1.54) is 13.0 Å². The lowest BCUT2D eigenvalue weighted by atomic mass is 9.71. The van der Waals surface area contributed by atoms with Gasteiger partial charge in [-0.15, -0.1) is 0 Å². The minimum Gasteiger partial charge on any atom is -0.459 e. The molecule has 0 saturated carbocycles. The number of fused-ring (bicyclic) bond motifs is 2. The Morgan fingerprint density at radius 3 is 2.56 bits per heavy atom. The summed E-state index contributed by atoms with van der Waals surface area (Å²) in [5.41, 5.74) is -2.69. The second-order valence-corrected chi connectivity index (χ2v) is 15.6. The van der Waals surface area contributed by atoms with Crippen molar-refractivity contribution in [3.8, 4) is 0 Å². The first kappa shape index (κ1) is 36.9. The van der Waals surface area contributed by atoms with Crippen LogP contribution in [0.15, 0.2) is 47.1 Å². The van der Waals surface area contributed by atoms with Crippen molar-refractivity contribution in [3.05, 3.63) is 47.1 Å². The van der Waals surface area contributed by atoms with E-state index >= 15 is 0 Å². The first-order chi connectivity index (χ1) is 22.5. The molecule has 3 saturated heterocycles. The van der Waals surface area contributed by atoms with E-state index in [0.717, 1.165) is 18.4 Å².